The van der Waals surface area contributed by atoms with Crippen molar-refractivity contribution >= 4 is 18.1 Å². The summed E-state index contributed by atoms with van der Waals surface area (Å²) >= 11 is 0. The highest BCUT2D eigenvalue weighted by atomic mass is 16.6. The largest absolute Gasteiger partial charge is 0.451 e. The molecule has 7 nitrogen and oxygen atoms in total. The molecule has 0 N–H and O–H groups in total. The molecule has 1 aliphatic rings. The maximum absolute atomic E-state index is 12.7. The van der Waals surface area contributed by atoms with Crippen molar-refractivity contribution in [3.8, 4) is 0 Å². The summed E-state index contributed by atoms with van der Waals surface area (Å²) in [5.41, 5.74) is -0.678. The molecule has 0 spiro atoms. The van der Waals surface area contributed by atoms with Gasteiger partial charge in [0.05, 0.1) is 14.2 Å². The minimum absolute atomic E-state index is 0.276. The monoisotopic (exact) mass is 306 g/mol. The van der Waals surface area contributed by atoms with Gasteiger partial charge in [0.2, 0.25) is 0 Å². The Morgan fingerprint density at radius 2 is 1.59 bits per heavy atom. The zero-order valence-corrected chi connectivity index (χ0v) is 12.9. The molecule has 0 saturated carbocycles. The number of carbonyl (C=O) groups excluding carboxylic acids is 3. The average Bonchev–Trinajstić information content (AvgIpc) is 2.52. The minimum atomic E-state index is -1.29. The number of carbonyl (C=O) groups is 3. The third-order valence-electron chi connectivity index (χ3n) is 3.80. The normalized spacial score (nSPS) is 20.7. The van der Waals surface area contributed by atoms with Crippen LogP contribution >= 0.6 is 0 Å². The van der Waals surface area contributed by atoms with Crippen LogP contribution in [-0.2, 0) is 19.8 Å². The van der Waals surface area contributed by atoms with E-state index in [1.165, 1.54) is 7.11 Å². The lowest BCUT2D eigenvalue weighted by Crippen LogP contribution is -2.79. The molecule has 7 heteroatoms. The van der Waals surface area contributed by atoms with Crippen LogP contribution < -0.4 is 0 Å². The van der Waals surface area contributed by atoms with Gasteiger partial charge in [-0.2, -0.15) is 5.01 Å². The molecule has 0 aliphatic carbocycles. The first-order valence-corrected chi connectivity index (χ1v) is 6.79. The summed E-state index contributed by atoms with van der Waals surface area (Å²) in [7, 11) is 2.33. The molecule has 0 aromatic heterocycles. The van der Waals surface area contributed by atoms with Crippen LogP contribution in [0.2, 0.25) is 0 Å². The van der Waals surface area contributed by atoms with Crippen LogP contribution in [-0.4, -0.2) is 42.3 Å². The van der Waals surface area contributed by atoms with Crippen LogP contribution in [0.25, 0.3) is 0 Å². The van der Waals surface area contributed by atoms with Crippen molar-refractivity contribution in [2.75, 3.05) is 14.2 Å². The molecular weight excluding hydrogens is 288 g/mol. The van der Waals surface area contributed by atoms with Gasteiger partial charge in [0.25, 0.3) is 5.91 Å². The molecule has 1 heterocycles. The highest BCUT2D eigenvalue weighted by Crippen LogP contribution is 2.47. The zero-order valence-electron chi connectivity index (χ0n) is 12.9. The van der Waals surface area contributed by atoms with Crippen LogP contribution in [0.4, 0.5) is 9.59 Å². The van der Waals surface area contributed by atoms with Crippen LogP contribution in [0, 0.1) is 5.92 Å². The minimum Gasteiger partial charge on any atom is -0.451 e. The van der Waals surface area contributed by atoms with Gasteiger partial charge in [-0.15, -0.1) is 5.01 Å². The molecule has 0 unspecified atom stereocenters. The van der Waals surface area contributed by atoms with Crippen LogP contribution in [0.15, 0.2) is 30.3 Å². The van der Waals surface area contributed by atoms with Gasteiger partial charge in [0.1, 0.15) is 0 Å². The molecule has 0 radical (unpaired) electrons. The number of rotatable bonds is 2. The van der Waals surface area contributed by atoms with Gasteiger partial charge in [0, 0.05) is 0 Å². The Morgan fingerprint density at radius 1 is 1.05 bits per heavy atom. The van der Waals surface area contributed by atoms with E-state index in [0.717, 1.165) is 12.1 Å². The van der Waals surface area contributed by atoms with Crippen LogP contribution in [0.1, 0.15) is 19.4 Å². The Bertz CT molecular complexity index is 601. The summed E-state index contributed by atoms with van der Waals surface area (Å²) in [6.45, 7) is 3.60. The van der Waals surface area contributed by atoms with Crippen molar-refractivity contribution in [3.05, 3.63) is 35.9 Å². The van der Waals surface area contributed by atoms with Gasteiger partial charge in [-0.05, 0) is 11.5 Å². The summed E-state index contributed by atoms with van der Waals surface area (Å²) < 4.78 is 9.31. The highest BCUT2D eigenvalue weighted by Gasteiger charge is 2.67. The summed E-state index contributed by atoms with van der Waals surface area (Å²) in [6.07, 6.45) is -1.73. The number of benzene rings is 1. The summed E-state index contributed by atoms with van der Waals surface area (Å²) in [5.74, 6) is -0.798. The molecule has 1 aromatic carbocycles. The topological polar surface area (TPSA) is 76.2 Å². The number of hydrogen-bond acceptors (Lipinski definition) is 5. The van der Waals surface area contributed by atoms with E-state index >= 15 is 0 Å². The van der Waals surface area contributed by atoms with E-state index in [-0.39, 0.29) is 5.92 Å². The molecule has 1 atom stereocenters. The molecule has 1 saturated heterocycles. The quantitative estimate of drug-likeness (QED) is 0.836. The number of hydrogen-bond donors (Lipinski definition) is 0. The molecule has 0 bridgehead atoms. The number of hydrazine groups is 1. The SMILES string of the molecule is COC(=O)N1C(=O)[C@@](c2ccccc2)(C(C)C)N1C(=O)OC. The number of imide groups is 1. The number of ether oxygens (including phenoxy) is 2. The van der Waals surface area contributed by atoms with E-state index in [9.17, 15) is 14.4 Å². The number of nitrogens with zero attached hydrogens (tertiary/aromatic N) is 2. The van der Waals surface area contributed by atoms with Crippen molar-refractivity contribution in [2.24, 2.45) is 5.92 Å². The Balaban J connectivity index is 2.60. The first kappa shape index (κ1) is 15.8. The maximum Gasteiger partial charge on any atom is 0.436 e. The Morgan fingerprint density at radius 3 is 2.05 bits per heavy atom. The van der Waals surface area contributed by atoms with E-state index in [0.29, 0.717) is 10.6 Å². The lowest BCUT2D eigenvalue weighted by Gasteiger charge is -2.56. The van der Waals surface area contributed by atoms with Gasteiger partial charge in [-0.25, -0.2) is 9.59 Å². The summed E-state index contributed by atoms with van der Waals surface area (Å²) in [5, 5.41) is 1.68. The fourth-order valence-corrected chi connectivity index (χ4v) is 2.78. The summed E-state index contributed by atoms with van der Waals surface area (Å²) in [6, 6.07) is 8.82. The van der Waals surface area contributed by atoms with Crippen molar-refractivity contribution in [3.63, 3.8) is 0 Å². The fraction of sp³-hybridized carbons (Fsp3) is 0.400. The second-order valence-corrected chi connectivity index (χ2v) is 5.16. The lowest BCUT2D eigenvalue weighted by atomic mass is 9.75. The summed E-state index contributed by atoms with van der Waals surface area (Å²) in [4.78, 5) is 36.7. The van der Waals surface area contributed by atoms with E-state index in [2.05, 4.69) is 4.74 Å². The van der Waals surface area contributed by atoms with Gasteiger partial charge < -0.3 is 9.47 Å². The van der Waals surface area contributed by atoms with Crippen LogP contribution in [0.3, 0.4) is 0 Å². The Hall–Kier alpha value is -2.57. The first-order chi connectivity index (χ1) is 10.4. The molecule has 1 aliphatic heterocycles. The van der Waals surface area contributed by atoms with E-state index in [1.54, 1.807) is 44.2 Å². The number of methoxy groups -OCH3 is 2. The predicted molar refractivity (Wildman–Crippen MR) is 76.5 cm³/mol. The predicted octanol–water partition coefficient (Wildman–Crippen LogP) is 2.13. The Labute approximate surface area is 128 Å². The fourth-order valence-electron chi connectivity index (χ4n) is 2.78. The Kier molecular flexibility index (Phi) is 4.07. The van der Waals surface area contributed by atoms with Crippen molar-refractivity contribution in [1.29, 1.82) is 0 Å². The average molecular weight is 306 g/mol. The molecular formula is C15H18N2O5. The zero-order chi connectivity index (χ0) is 16.5. The van der Waals surface area contributed by atoms with Gasteiger partial charge in [-0.3, -0.25) is 4.79 Å². The molecule has 1 fully saturated rings. The van der Waals surface area contributed by atoms with E-state index in [1.807, 2.05) is 0 Å². The molecule has 118 valence electrons. The molecule has 2 rings (SSSR count). The van der Waals surface area contributed by atoms with Gasteiger partial charge in [0.15, 0.2) is 5.54 Å². The van der Waals surface area contributed by atoms with E-state index < -0.39 is 23.6 Å². The number of amides is 3. The second kappa shape index (κ2) is 5.67. The standard InChI is InChI=1S/C15H18N2O5/c1-10(2)15(11-8-6-5-7-9-11)12(18)16(13(19)21-3)17(15)14(20)22-4/h5-10H,1-4H3/t15-/m0/s1. The molecule has 22 heavy (non-hydrogen) atoms. The van der Waals surface area contributed by atoms with Gasteiger partial charge >= 0.3 is 12.2 Å². The maximum atomic E-state index is 12.7. The highest BCUT2D eigenvalue weighted by molar-refractivity contribution is 6.06. The lowest BCUT2D eigenvalue weighted by molar-refractivity contribution is -0.209. The molecule has 3 amide bonds. The van der Waals surface area contributed by atoms with Gasteiger partial charge in [-0.1, -0.05) is 44.2 Å². The van der Waals surface area contributed by atoms with Crippen molar-refractivity contribution < 1.29 is 23.9 Å². The second-order valence-electron chi connectivity index (χ2n) is 5.16. The van der Waals surface area contributed by atoms with E-state index in [4.69, 9.17) is 4.74 Å². The van der Waals surface area contributed by atoms with Crippen LogP contribution in [0.5, 0.6) is 0 Å². The molecule has 1 aromatic rings. The third-order valence-corrected chi connectivity index (χ3v) is 3.80. The third kappa shape index (κ3) is 1.93. The smallest absolute Gasteiger partial charge is 0.436 e. The van der Waals surface area contributed by atoms with Crippen molar-refractivity contribution in [2.45, 2.75) is 19.4 Å². The first-order valence-electron chi connectivity index (χ1n) is 6.79. The van der Waals surface area contributed by atoms with Crippen molar-refractivity contribution in [1.82, 2.24) is 10.0 Å².